The van der Waals surface area contributed by atoms with E-state index in [1.165, 1.54) is 14.2 Å². The number of benzene rings is 2. The summed E-state index contributed by atoms with van der Waals surface area (Å²) in [4.78, 5) is 22.4. The maximum absolute atomic E-state index is 11.2. The molecular weight excluding hydrogens is 264 g/mol. The highest BCUT2D eigenvalue weighted by Crippen LogP contribution is 2.32. The van der Waals surface area contributed by atoms with Crippen molar-refractivity contribution in [2.24, 2.45) is 0 Å². The van der Waals surface area contributed by atoms with Gasteiger partial charge in [-0.15, -0.1) is 0 Å². The van der Waals surface area contributed by atoms with Crippen LogP contribution in [0, 0.1) is 0 Å². The summed E-state index contributed by atoms with van der Waals surface area (Å²) in [5.41, 5.74) is 0. The second-order valence-corrected chi connectivity index (χ2v) is 3.72. The SMILES string of the molecule is COC(=O)Oc1cccc2c(OC(=O)OC)cccc12. The summed E-state index contributed by atoms with van der Waals surface area (Å²) in [5.74, 6) is 0.620. The van der Waals surface area contributed by atoms with E-state index in [-0.39, 0.29) is 0 Å². The molecule has 2 aromatic rings. The molecule has 0 saturated heterocycles. The van der Waals surface area contributed by atoms with E-state index in [2.05, 4.69) is 9.47 Å². The number of carbonyl (C=O) groups excluding carboxylic acids is 2. The molecule has 0 fully saturated rings. The lowest BCUT2D eigenvalue weighted by Gasteiger charge is -2.09. The van der Waals surface area contributed by atoms with Crippen molar-refractivity contribution in [2.45, 2.75) is 0 Å². The summed E-state index contributed by atoms with van der Waals surface area (Å²) in [5, 5.41) is 1.22. The molecule has 0 heterocycles. The van der Waals surface area contributed by atoms with Crippen LogP contribution in [0.25, 0.3) is 10.8 Å². The van der Waals surface area contributed by atoms with Crippen LogP contribution in [0.15, 0.2) is 36.4 Å². The largest absolute Gasteiger partial charge is 0.513 e. The quantitative estimate of drug-likeness (QED) is 0.620. The number of carbonyl (C=O) groups is 2. The van der Waals surface area contributed by atoms with Crippen molar-refractivity contribution in [1.82, 2.24) is 0 Å². The van der Waals surface area contributed by atoms with Gasteiger partial charge in [-0.05, 0) is 12.1 Å². The Kier molecular flexibility index (Phi) is 4.05. The first-order valence-electron chi connectivity index (χ1n) is 5.69. The molecule has 0 saturated carbocycles. The predicted molar refractivity (Wildman–Crippen MR) is 70.0 cm³/mol. The zero-order valence-electron chi connectivity index (χ0n) is 10.9. The van der Waals surface area contributed by atoms with Gasteiger partial charge in [0.15, 0.2) is 0 Å². The van der Waals surface area contributed by atoms with Crippen molar-refractivity contribution < 1.29 is 28.5 Å². The van der Waals surface area contributed by atoms with Gasteiger partial charge in [-0.25, -0.2) is 9.59 Å². The molecular formula is C14H12O6. The van der Waals surface area contributed by atoms with E-state index in [0.717, 1.165) is 0 Å². The number of rotatable bonds is 2. The number of fused-ring (bicyclic) bond motifs is 1. The van der Waals surface area contributed by atoms with Crippen LogP contribution < -0.4 is 9.47 Å². The molecule has 0 unspecified atom stereocenters. The highest BCUT2D eigenvalue weighted by molar-refractivity contribution is 5.95. The van der Waals surface area contributed by atoms with Gasteiger partial charge in [0.05, 0.1) is 14.2 Å². The van der Waals surface area contributed by atoms with Crippen molar-refractivity contribution in [3.8, 4) is 11.5 Å². The Labute approximate surface area is 114 Å². The van der Waals surface area contributed by atoms with Gasteiger partial charge in [-0.2, -0.15) is 0 Å². The van der Waals surface area contributed by atoms with E-state index >= 15 is 0 Å². The van der Waals surface area contributed by atoms with E-state index in [4.69, 9.17) is 9.47 Å². The Morgan fingerprint density at radius 2 is 1.15 bits per heavy atom. The lowest BCUT2D eigenvalue weighted by Crippen LogP contribution is -2.09. The zero-order valence-corrected chi connectivity index (χ0v) is 10.9. The molecule has 0 amide bonds. The predicted octanol–water partition coefficient (Wildman–Crippen LogP) is 3.13. The Morgan fingerprint density at radius 1 is 0.750 bits per heavy atom. The maximum Gasteiger partial charge on any atom is 0.513 e. The van der Waals surface area contributed by atoms with Crippen LogP contribution >= 0.6 is 0 Å². The molecule has 0 aliphatic rings. The number of hydrogen-bond acceptors (Lipinski definition) is 6. The van der Waals surface area contributed by atoms with Crippen LogP contribution in [0.2, 0.25) is 0 Å². The average molecular weight is 276 g/mol. The molecule has 104 valence electrons. The van der Waals surface area contributed by atoms with Crippen LogP contribution in [0.5, 0.6) is 11.5 Å². The normalized spacial score (nSPS) is 9.90. The fourth-order valence-corrected chi connectivity index (χ4v) is 1.69. The first-order valence-corrected chi connectivity index (χ1v) is 5.69. The summed E-state index contributed by atoms with van der Waals surface area (Å²) >= 11 is 0. The van der Waals surface area contributed by atoms with Crippen LogP contribution in [0.3, 0.4) is 0 Å². The molecule has 0 spiro atoms. The van der Waals surface area contributed by atoms with Crippen molar-refractivity contribution in [3.63, 3.8) is 0 Å². The first kappa shape index (κ1) is 13.7. The molecule has 0 radical (unpaired) electrons. The molecule has 20 heavy (non-hydrogen) atoms. The van der Waals surface area contributed by atoms with Crippen molar-refractivity contribution in [1.29, 1.82) is 0 Å². The monoisotopic (exact) mass is 276 g/mol. The summed E-state index contributed by atoms with van der Waals surface area (Å²) in [7, 11) is 2.44. The van der Waals surface area contributed by atoms with Gasteiger partial charge >= 0.3 is 12.3 Å². The van der Waals surface area contributed by atoms with Gasteiger partial charge in [-0.3, -0.25) is 0 Å². The molecule has 6 heteroatoms. The van der Waals surface area contributed by atoms with E-state index < -0.39 is 12.3 Å². The standard InChI is InChI=1S/C14H12O6/c1-17-13(15)19-11-7-3-6-10-9(11)5-4-8-12(10)20-14(16)18-2/h3-8H,1-2H3. The Balaban J connectivity index is 2.46. The fourth-order valence-electron chi connectivity index (χ4n) is 1.69. The van der Waals surface area contributed by atoms with Gasteiger partial charge < -0.3 is 18.9 Å². The molecule has 0 bridgehead atoms. The van der Waals surface area contributed by atoms with Crippen LogP contribution in [0.1, 0.15) is 0 Å². The second kappa shape index (κ2) is 5.92. The third-order valence-electron chi connectivity index (χ3n) is 2.56. The number of hydrogen-bond donors (Lipinski definition) is 0. The average Bonchev–Trinajstić information content (AvgIpc) is 2.47. The van der Waals surface area contributed by atoms with Gasteiger partial charge in [0.25, 0.3) is 0 Å². The minimum atomic E-state index is -0.822. The number of ether oxygens (including phenoxy) is 4. The van der Waals surface area contributed by atoms with E-state index in [1.54, 1.807) is 36.4 Å². The highest BCUT2D eigenvalue weighted by atomic mass is 16.7. The molecule has 0 N–H and O–H groups in total. The van der Waals surface area contributed by atoms with Gasteiger partial charge in [0, 0.05) is 10.8 Å². The Hall–Kier alpha value is -2.76. The van der Waals surface area contributed by atoms with Crippen molar-refractivity contribution >= 4 is 23.1 Å². The lowest BCUT2D eigenvalue weighted by atomic mass is 10.1. The smallest absolute Gasteiger partial charge is 0.437 e. The molecule has 0 aliphatic heterocycles. The summed E-state index contributed by atoms with van der Waals surface area (Å²) in [6.07, 6.45) is -1.64. The molecule has 2 rings (SSSR count). The van der Waals surface area contributed by atoms with Crippen LogP contribution in [-0.4, -0.2) is 26.5 Å². The summed E-state index contributed by atoms with van der Waals surface area (Å²) in [6.45, 7) is 0. The molecule has 6 nitrogen and oxygen atoms in total. The van der Waals surface area contributed by atoms with Crippen LogP contribution in [-0.2, 0) is 9.47 Å². The topological polar surface area (TPSA) is 71.1 Å². The van der Waals surface area contributed by atoms with Gasteiger partial charge in [0.2, 0.25) is 0 Å². The van der Waals surface area contributed by atoms with Gasteiger partial charge in [-0.1, -0.05) is 24.3 Å². The molecule has 2 aromatic carbocycles. The lowest BCUT2D eigenvalue weighted by molar-refractivity contribution is 0.120. The molecule has 0 aromatic heterocycles. The minimum absolute atomic E-state index is 0.310. The van der Waals surface area contributed by atoms with Crippen molar-refractivity contribution in [2.75, 3.05) is 14.2 Å². The molecule has 0 atom stereocenters. The third-order valence-corrected chi connectivity index (χ3v) is 2.56. The highest BCUT2D eigenvalue weighted by Gasteiger charge is 2.12. The van der Waals surface area contributed by atoms with Crippen LogP contribution in [0.4, 0.5) is 9.59 Å². The fraction of sp³-hybridized carbons (Fsp3) is 0.143. The summed E-state index contributed by atoms with van der Waals surface area (Å²) in [6, 6.07) is 10.0. The van der Waals surface area contributed by atoms with E-state index in [1.807, 2.05) is 0 Å². The maximum atomic E-state index is 11.2. The van der Waals surface area contributed by atoms with Crippen molar-refractivity contribution in [3.05, 3.63) is 36.4 Å². The Morgan fingerprint density at radius 3 is 1.50 bits per heavy atom. The second-order valence-electron chi connectivity index (χ2n) is 3.72. The summed E-state index contributed by atoms with van der Waals surface area (Å²) < 4.78 is 19.0. The van der Waals surface area contributed by atoms with Gasteiger partial charge in [0.1, 0.15) is 11.5 Å². The molecule has 0 aliphatic carbocycles. The minimum Gasteiger partial charge on any atom is -0.437 e. The van der Waals surface area contributed by atoms with E-state index in [9.17, 15) is 9.59 Å². The first-order chi connectivity index (χ1) is 9.65. The number of methoxy groups -OCH3 is 2. The Bertz CT molecular complexity index is 592. The third kappa shape index (κ3) is 2.80. The van der Waals surface area contributed by atoms with E-state index in [0.29, 0.717) is 22.3 Å². The zero-order chi connectivity index (χ0) is 14.5.